The molecule has 0 aromatic carbocycles. The molecular formula is C16H24O. The van der Waals surface area contributed by atoms with Crippen LogP contribution in [0.4, 0.5) is 0 Å². The summed E-state index contributed by atoms with van der Waals surface area (Å²) < 4.78 is 6.22. The topological polar surface area (TPSA) is 9.23 Å². The summed E-state index contributed by atoms with van der Waals surface area (Å²) in [7, 11) is 0. The Hall–Kier alpha value is -0.560. The van der Waals surface area contributed by atoms with Crippen LogP contribution in [-0.2, 0) is 4.74 Å². The van der Waals surface area contributed by atoms with Gasteiger partial charge in [-0.2, -0.15) is 0 Å². The quantitative estimate of drug-likeness (QED) is 0.618. The first-order valence-corrected chi connectivity index (χ1v) is 7.18. The number of fused-ring (bicyclic) bond motifs is 2. The van der Waals surface area contributed by atoms with Gasteiger partial charge < -0.3 is 4.74 Å². The lowest BCUT2D eigenvalue weighted by atomic mass is 9.71. The summed E-state index contributed by atoms with van der Waals surface area (Å²) >= 11 is 0. The average Bonchev–Trinajstić information content (AvgIpc) is 2.36. The highest BCUT2D eigenvalue weighted by molar-refractivity contribution is 5.14. The van der Waals surface area contributed by atoms with Crippen molar-refractivity contribution in [3.63, 3.8) is 0 Å². The second kappa shape index (κ2) is 4.61. The van der Waals surface area contributed by atoms with Gasteiger partial charge in [-0.15, -0.1) is 0 Å². The molecule has 1 saturated heterocycles. The van der Waals surface area contributed by atoms with Crippen LogP contribution >= 0.6 is 0 Å². The molecule has 0 radical (unpaired) electrons. The monoisotopic (exact) mass is 232 g/mol. The van der Waals surface area contributed by atoms with E-state index in [2.05, 4.69) is 26.0 Å². The summed E-state index contributed by atoms with van der Waals surface area (Å²) in [6.45, 7) is 5.58. The molecule has 0 aromatic heterocycles. The molecule has 0 amide bonds. The van der Waals surface area contributed by atoms with E-state index in [1.165, 1.54) is 32.1 Å². The molecule has 1 heteroatoms. The number of hydrogen-bond donors (Lipinski definition) is 0. The third kappa shape index (κ3) is 2.22. The number of allylic oxidation sites excluding steroid dienone is 3. The van der Waals surface area contributed by atoms with Crippen molar-refractivity contribution in [2.45, 2.75) is 52.1 Å². The SMILES string of the molecule is CC1=CCC(C2OCC3CC=C(C)C2C3)CC1. The molecule has 2 aliphatic carbocycles. The summed E-state index contributed by atoms with van der Waals surface area (Å²) in [5.41, 5.74) is 3.17. The third-order valence-electron chi connectivity index (χ3n) is 5.01. The van der Waals surface area contributed by atoms with Gasteiger partial charge in [0.05, 0.1) is 12.7 Å². The van der Waals surface area contributed by atoms with E-state index in [9.17, 15) is 0 Å². The lowest BCUT2D eigenvalue weighted by Crippen LogP contribution is -2.42. The lowest BCUT2D eigenvalue weighted by molar-refractivity contribution is -0.0807. The van der Waals surface area contributed by atoms with Gasteiger partial charge in [0, 0.05) is 5.92 Å². The van der Waals surface area contributed by atoms with Crippen molar-refractivity contribution in [1.82, 2.24) is 0 Å². The normalized spacial score (nSPS) is 41.8. The predicted octanol–water partition coefficient (Wildman–Crippen LogP) is 4.10. The number of hydrogen-bond acceptors (Lipinski definition) is 1. The predicted molar refractivity (Wildman–Crippen MR) is 70.8 cm³/mol. The summed E-state index contributed by atoms with van der Waals surface area (Å²) in [6.07, 6.45) is 11.9. The second-order valence-corrected chi connectivity index (χ2v) is 6.27. The molecule has 1 nitrogen and oxygen atoms in total. The van der Waals surface area contributed by atoms with Gasteiger partial charge in [0.2, 0.25) is 0 Å². The lowest BCUT2D eigenvalue weighted by Gasteiger charge is -2.44. The summed E-state index contributed by atoms with van der Waals surface area (Å²) in [5.74, 6) is 2.30. The fraction of sp³-hybridized carbons (Fsp3) is 0.750. The van der Waals surface area contributed by atoms with Gasteiger partial charge in [-0.25, -0.2) is 0 Å². The highest BCUT2D eigenvalue weighted by Gasteiger charge is 2.38. The van der Waals surface area contributed by atoms with Gasteiger partial charge in [0.1, 0.15) is 0 Å². The van der Waals surface area contributed by atoms with Crippen molar-refractivity contribution >= 4 is 0 Å². The van der Waals surface area contributed by atoms with E-state index in [4.69, 9.17) is 4.74 Å². The summed E-state index contributed by atoms with van der Waals surface area (Å²) in [4.78, 5) is 0. The van der Waals surface area contributed by atoms with Crippen LogP contribution in [0.25, 0.3) is 0 Å². The van der Waals surface area contributed by atoms with Crippen LogP contribution in [-0.4, -0.2) is 12.7 Å². The molecule has 1 heterocycles. The standard InChI is InChI=1S/C16H24O/c1-11-3-7-14(8-4-11)16-15-9-13(10-17-16)6-5-12(15)2/h3,5,13-16H,4,6-10H2,1-2H3. The second-order valence-electron chi connectivity index (χ2n) is 6.27. The van der Waals surface area contributed by atoms with Crippen LogP contribution in [0.2, 0.25) is 0 Å². The molecule has 0 saturated carbocycles. The molecule has 3 rings (SSSR count). The highest BCUT2D eigenvalue weighted by atomic mass is 16.5. The summed E-state index contributed by atoms with van der Waals surface area (Å²) in [5, 5.41) is 0. The Morgan fingerprint density at radius 3 is 2.82 bits per heavy atom. The number of ether oxygens (including phenoxy) is 1. The van der Waals surface area contributed by atoms with Crippen molar-refractivity contribution in [3.05, 3.63) is 23.3 Å². The van der Waals surface area contributed by atoms with E-state index < -0.39 is 0 Å². The fourth-order valence-corrected chi connectivity index (χ4v) is 3.79. The van der Waals surface area contributed by atoms with E-state index in [1.807, 2.05) is 0 Å². The average molecular weight is 232 g/mol. The van der Waals surface area contributed by atoms with E-state index in [1.54, 1.807) is 11.1 Å². The molecule has 2 bridgehead atoms. The zero-order valence-electron chi connectivity index (χ0n) is 11.1. The zero-order chi connectivity index (χ0) is 11.8. The molecule has 4 unspecified atom stereocenters. The van der Waals surface area contributed by atoms with Crippen LogP contribution in [0.1, 0.15) is 46.0 Å². The van der Waals surface area contributed by atoms with E-state index in [0.717, 1.165) is 24.4 Å². The smallest absolute Gasteiger partial charge is 0.0671 e. The molecule has 0 spiro atoms. The van der Waals surface area contributed by atoms with Gasteiger partial charge in [-0.05, 0) is 57.8 Å². The molecular weight excluding hydrogens is 208 g/mol. The van der Waals surface area contributed by atoms with E-state index in [-0.39, 0.29) is 0 Å². The Morgan fingerprint density at radius 2 is 2.06 bits per heavy atom. The van der Waals surface area contributed by atoms with E-state index >= 15 is 0 Å². The molecule has 0 aromatic rings. The Labute approximate surface area is 105 Å². The largest absolute Gasteiger partial charge is 0.377 e. The summed E-state index contributed by atoms with van der Waals surface area (Å²) in [6, 6.07) is 0. The maximum atomic E-state index is 6.22. The van der Waals surface area contributed by atoms with Crippen LogP contribution in [0.5, 0.6) is 0 Å². The van der Waals surface area contributed by atoms with Gasteiger partial charge >= 0.3 is 0 Å². The maximum absolute atomic E-state index is 6.22. The van der Waals surface area contributed by atoms with Crippen LogP contribution < -0.4 is 0 Å². The van der Waals surface area contributed by atoms with Crippen LogP contribution in [0.3, 0.4) is 0 Å². The minimum atomic E-state index is 0.507. The molecule has 3 aliphatic rings. The van der Waals surface area contributed by atoms with Gasteiger partial charge in [0.25, 0.3) is 0 Å². The minimum Gasteiger partial charge on any atom is -0.377 e. The Balaban J connectivity index is 1.75. The van der Waals surface area contributed by atoms with Crippen molar-refractivity contribution in [2.24, 2.45) is 17.8 Å². The minimum absolute atomic E-state index is 0.507. The van der Waals surface area contributed by atoms with Gasteiger partial charge in [-0.3, -0.25) is 0 Å². The molecule has 94 valence electrons. The Morgan fingerprint density at radius 1 is 1.18 bits per heavy atom. The molecule has 17 heavy (non-hydrogen) atoms. The maximum Gasteiger partial charge on any atom is 0.0671 e. The van der Waals surface area contributed by atoms with Crippen LogP contribution in [0.15, 0.2) is 23.3 Å². The third-order valence-corrected chi connectivity index (χ3v) is 5.01. The first kappa shape index (κ1) is 11.5. The van der Waals surface area contributed by atoms with Crippen molar-refractivity contribution < 1.29 is 4.74 Å². The Bertz CT molecular complexity index is 353. The molecule has 0 N–H and O–H groups in total. The van der Waals surface area contributed by atoms with E-state index in [0.29, 0.717) is 6.10 Å². The highest BCUT2D eigenvalue weighted by Crippen LogP contribution is 2.42. The first-order valence-electron chi connectivity index (χ1n) is 7.18. The Kier molecular flexibility index (Phi) is 3.12. The first-order chi connectivity index (χ1) is 8.24. The van der Waals surface area contributed by atoms with Crippen molar-refractivity contribution in [3.8, 4) is 0 Å². The molecule has 1 fully saturated rings. The molecule has 1 aliphatic heterocycles. The fourth-order valence-electron chi connectivity index (χ4n) is 3.79. The van der Waals surface area contributed by atoms with Crippen molar-refractivity contribution in [2.75, 3.05) is 6.61 Å². The molecule has 4 atom stereocenters. The van der Waals surface area contributed by atoms with Crippen molar-refractivity contribution in [1.29, 1.82) is 0 Å². The number of rotatable bonds is 1. The van der Waals surface area contributed by atoms with Gasteiger partial charge in [0.15, 0.2) is 0 Å². The zero-order valence-corrected chi connectivity index (χ0v) is 11.1. The van der Waals surface area contributed by atoms with Crippen LogP contribution in [0, 0.1) is 17.8 Å². The van der Waals surface area contributed by atoms with Gasteiger partial charge in [-0.1, -0.05) is 23.3 Å².